The number of hydrogen-bond acceptors (Lipinski definition) is 3. The van der Waals surface area contributed by atoms with E-state index in [4.69, 9.17) is 0 Å². The highest BCUT2D eigenvalue weighted by Crippen LogP contribution is 2.30. The molecule has 3 heteroatoms. The van der Waals surface area contributed by atoms with Gasteiger partial charge in [-0.2, -0.15) is 0 Å². The van der Waals surface area contributed by atoms with Crippen molar-refractivity contribution >= 4 is 17.1 Å². The Labute approximate surface area is 159 Å². The van der Waals surface area contributed by atoms with E-state index in [0.29, 0.717) is 6.04 Å². The van der Waals surface area contributed by atoms with Crippen molar-refractivity contribution in [3.63, 3.8) is 0 Å². The summed E-state index contributed by atoms with van der Waals surface area (Å²) in [6.45, 7) is 13.1. The van der Waals surface area contributed by atoms with Crippen LogP contribution in [0.4, 0.5) is 17.1 Å². The third kappa shape index (κ3) is 6.06. The summed E-state index contributed by atoms with van der Waals surface area (Å²) >= 11 is 0. The van der Waals surface area contributed by atoms with Crippen LogP contribution in [0.5, 0.6) is 0 Å². The molecule has 0 saturated carbocycles. The fraction of sp³-hybridized carbons (Fsp3) is 0.478. The van der Waals surface area contributed by atoms with Crippen LogP contribution in [0, 0.1) is 0 Å². The fourth-order valence-corrected chi connectivity index (χ4v) is 4.00. The van der Waals surface area contributed by atoms with E-state index in [9.17, 15) is 0 Å². The quantitative estimate of drug-likeness (QED) is 0.614. The zero-order chi connectivity index (χ0) is 19.2. The van der Waals surface area contributed by atoms with Crippen molar-refractivity contribution in [2.75, 3.05) is 10.6 Å². The van der Waals surface area contributed by atoms with E-state index in [2.05, 4.69) is 80.0 Å². The summed E-state index contributed by atoms with van der Waals surface area (Å²) in [5.41, 5.74) is 3.73. The van der Waals surface area contributed by atoms with E-state index in [0.717, 1.165) is 24.2 Å². The van der Waals surface area contributed by atoms with E-state index >= 15 is 0 Å². The SMILES string of the molecule is CC.CC1(C)CC(Nc2ccc(Nc3ccccc3)cc2)CC(C)(C)N1. The molecule has 0 bridgehead atoms. The number of rotatable bonds is 4. The molecule has 3 nitrogen and oxygen atoms in total. The van der Waals surface area contributed by atoms with E-state index in [1.165, 1.54) is 5.69 Å². The van der Waals surface area contributed by atoms with Crippen molar-refractivity contribution < 1.29 is 0 Å². The molecule has 2 aromatic rings. The molecule has 142 valence electrons. The highest BCUT2D eigenvalue weighted by molar-refractivity contribution is 5.62. The standard InChI is InChI=1S/C21H29N3.C2H6/c1-20(2)14-19(15-21(3,4)24-20)23-18-12-10-17(11-13-18)22-16-8-6-5-7-9-16;1-2/h5-13,19,22-24H,14-15H2,1-4H3;1-2H3. The Kier molecular flexibility index (Phi) is 6.71. The van der Waals surface area contributed by atoms with Crippen LogP contribution in [0.2, 0.25) is 0 Å². The Morgan fingerprint density at radius 3 is 1.73 bits per heavy atom. The van der Waals surface area contributed by atoms with Gasteiger partial charge in [0.2, 0.25) is 0 Å². The molecule has 0 amide bonds. The molecule has 0 unspecified atom stereocenters. The number of para-hydroxylation sites is 1. The minimum absolute atomic E-state index is 0.161. The van der Waals surface area contributed by atoms with Crippen LogP contribution in [0.3, 0.4) is 0 Å². The Morgan fingerprint density at radius 1 is 0.731 bits per heavy atom. The Morgan fingerprint density at radius 2 is 1.19 bits per heavy atom. The molecule has 3 N–H and O–H groups in total. The molecule has 0 aromatic heterocycles. The highest BCUT2D eigenvalue weighted by Gasteiger charge is 2.37. The molecule has 1 aliphatic rings. The maximum Gasteiger partial charge on any atom is 0.0385 e. The second-order valence-corrected chi connectivity index (χ2v) is 8.21. The summed E-state index contributed by atoms with van der Waals surface area (Å²) in [6, 6.07) is 19.3. The zero-order valence-electron chi connectivity index (χ0n) is 17.2. The molecule has 3 rings (SSSR count). The van der Waals surface area contributed by atoms with Crippen molar-refractivity contribution in [3.8, 4) is 0 Å². The van der Waals surface area contributed by atoms with E-state index < -0.39 is 0 Å². The van der Waals surface area contributed by atoms with Gasteiger partial charge in [0.25, 0.3) is 0 Å². The maximum absolute atomic E-state index is 3.73. The summed E-state index contributed by atoms with van der Waals surface area (Å²) in [7, 11) is 0. The molecule has 2 aromatic carbocycles. The minimum atomic E-state index is 0.161. The number of nitrogens with one attached hydrogen (secondary N) is 3. The number of anilines is 3. The van der Waals surface area contributed by atoms with Gasteiger partial charge in [0.1, 0.15) is 0 Å². The first-order valence-electron chi connectivity index (χ1n) is 9.79. The number of piperidine rings is 1. The van der Waals surface area contributed by atoms with E-state index in [-0.39, 0.29) is 11.1 Å². The smallest absolute Gasteiger partial charge is 0.0385 e. The lowest BCUT2D eigenvalue weighted by Crippen LogP contribution is -2.60. The van der Waals surface area contributed by atoms with Gasteiger partial charge >= 0.3 is 0 Å². The Balaban J connectivity index is 0.00000117. The van der Waals surface area contributed by atoms with Crippen LogP contribution in [0.15, 0.2) is 54.6 Å². The van der Waals surface area contributed by atoms with E-state index in [1.807, 2.05) is 32.0 Å². The predicted octanol–water partition coefficient (Wildman–Crippen LogP) is 6.18. The van der Waals surface area contributed by atoms with Crippen molar-refractivity contribution in [3.05, 3.63) is 54.6 Å². The van der Waals surface area contributed by atoms with Crippen molar-refractivity contribution in [1.82, 2.24) is 5.32 Å². The summed E-state index contributed by atoms with van der Waals surface area (Å²) in [6.07, 6.45) is 2.25. The van der Waals surface area contributed by atoms with Gasteiger partial charge in [-0.25, -0.2) is 0 Å². The molecule has 1 heterocycles. The monoisotopic (exact) mass is 353 g/mol. The fourth-order valence-electron chi connectivity index (χ4n) is 4.00. The Bertz CT molecular complexity index is 644. The topological polar surface area (TPSA) is 36.1 Å². The van der Waals surface area contributed by atoms with Crippen LogP contribution in [0.25, 0.3) is 0 Å². The number of hydrogen-bond donors (Lipinski definition) is 3. The van der Waals surface area contributed by atoms with Gasteiger partial charge in [-0.3, -0.25) is 0 Å². The molecule has 1 fully saturated rings. The van der Waals surface area contributed by atoms with Gasteiger partial charge in [0, 0.05) is 34.2 Å². The first kappa shape index (κ1) is 20.3. The first-order chi connectivity index (χ1) is 12.3. The molecule has 1 saturated heterocycles. The van der Waals surface area contributed by atoms with Crippen LogP contribution in [-0.4, -0.2) is 17.1 Å². The van der Waals surface area contributed by atoms with Crippen molar-refractivity contribution in [1.29, 1.82) is 0 Å². The lowest BCUT2D eigenvalue weighted by atomic mass is 9.79. The number of benzene rings is 2. The van der Waals surface area contributed by atoms with Gasteiger partial charge in [0.15, 0.2) is 0 Å². The molecule has 1 aliphatic heterocycles. The molecule has 0 spiro atoms. The first-order valence-corrected chi connectivity index (χ1v) is 9.79. The van der Waals surface area contributed by atoms with Crippen molar-refractivity contribution in [2.24, 2.45) is 0 Å². The molecular weight excluding hydrogens is 318 g/mol. The molecule has 0 aliphatic carbocycles. The third-order valence-electron chi connectivity index (χ3n) is 4.51. The van der Waals surface area contributed by atoms with Crippen LogP contribution in [-0.2, 0) is 0 Å². The van der Waals surface area contributed by atoms with Gasteiger partial charge < -0.3 is 16.0 Å². The van der Waals surface area contributed by atoms with Gasteiger partial charge in [0.05, 0.1) is 0 Å². The van der Waals surface area contributed by atoms with Gasteiger partial charge in [-0.15, -0.1) is 0 Å². The second-order valence-electron chi connectivity index (χ2n) is 8.21. The average Bonchev–Trinajstić information content (AvgIpc) is 2.57. The zero-order valence-corrected chi connectivity index (χ0v) is 17.2. The summed E-state index contributed by atoms with van der Waals surface area (Å²) in [4.78, 5) is 0. The minimum Gasteiger partial charge on any atom is -0.382 e. The average molecular weight is 354 g/mol. The summed E-state index contributed by atoms with van der Waals surface area (Å²) in [5, 5.41) is 10.9. The van der Waals surface area contributed by atoms with Crippen LogP contribution in [0.1, 0.15) is 54.4 Å². The summed E-state index contributed by atoms with van der Waals surface area (Å²) in [5.74, 6) is 0. The second kappa shape index (κ2) is 8.59. The third-order valence-corrected chi connectivity index (χ3v) is 4.51. The molecule has 26 heavy (non-hydrogen) atoms. The van der Waals surface area contributed by atoms with Crippen molar-refractivity contribution in [2.45, 2.75) is 71.5 Å². The molecular formula is C23H35N3. The van der Waals surface area contributed by atoms with Crippen LogP contribution >= 0.6 is 0 Å². The molecule has 0 atom stereocenters. The van der Waals surface area contributed by atoms with Gasteiger partial charge in [-0.05, 0) is 76.9 Å². The van der Waals surface area contributed by atoms with E-state index in [1.54, 1.807) is 0 Å². The lowest BCUT2D eigenvalue weighted by molar-refractivity contribution is 0.170. The normalized spacial score (nSPS) is 18.4. The van der Waals surface area contributed by atoms with Crippen LogP contribution < -0.4 is 16.0 Å². The lowest BCUT2D eigenvalue weighted by Gasteiger charge is -2.47. The van der Waals surface area contributed by atoms with Gasteiger partial charge in [-0.1, -0.05) is 32.0 Å². The molecule has 0 radical (unpaired) electrons. The predicted molar refractivity (Wildman–Crippen MR) is 115 cm³/mol. The Hall–Kier alpha value is -2.00. The largest absolute Gasteiger partial charge is 0.382 e. The maximum atomic E-state index is 3.73. The summed E-state index contributed by atoms with van der Waals surface area (Å²) < 4.78 is 0. The highest BCUT2D eigenvalue weighted by atomic mass is 15.1.